The number of guanidine groups is 1. The molecule has 0 aliphatic carbocycles. The molecule has 0 aromatic rings. The molecule has 0 unspecified atom stereocenters. The normalized spacial score (nSPS) is 12.6. The van der Waals surface area contributed by atoms with Gasteiger partial charge in [0.2, 0.25) is 0 Å². The molecule has 0 aliphatic rings. The van der Waals surface area contributed by atoms with Crippen LogP contribution in [0.2, 0.25) is 0 Å². The fraction of sp³-hybridized carbons (Fsp3) is 0.889. The third-order valence-corrected chi connectivity index (χ3v) is 3.67. The van der Waals surface area contributed by atoms with Crippen LogP contribution in [0.15, 0.2) is 4.99 Å². The smallest absolute Gasteiger partial charge is 0.191 e. The molecule has 0 spiro atoms. The minimum Gasteiger partial charge on any atom is -0.383 e. The fourth-order valence-electron chi connectivity index (χ4n) is 0.961. The first-order valence-electron chi connectivity index (χ1n) is 5.19. The van der Waals surface area contributed by atoms with E-state index in [4.69, 9.17) is 4.74 Å². The van der Waals surface area contributed by atoms with Crippen LogP contribution in [-0.4, -0.2) is 59.7 Å². The van der Waals surface area contributed by atoms with Gasteiger partial charge in [0, 0.05) is 33.0 Å². The van der Waals surface area contributed by atoms with E-state index in [1.54, 1.807) is 21.1 Å². The molecule has 2 N–H and O–H groups in total. The van der Waals surface area contributed by atoms with Gasteiger partial charge in [0.1, 0.15) is 0 Å². The van der Waals surface area contributed by atoms with Crippen LogP contribution in [0.4, 0.5) is 0 Å². The molecule has 0 aromatic heterocycles. The lowest BCUT2D eigenvalue weighted by Gasteiger charge is -2.11. The van der Waals surface area contributed by atoms with Crippen LogP contribution in [0.1, 0.15) is 6.92 Å². The first kappa shape index (κ1) is 15.2. The maximum absolute atomic E-state index is 11.2. The molecule has 0 aliphatic heterocycles. The zero-order valence-corrected chi connectivity index (χ0v) is 10.9. The summed E-state index contributed by atoms with van der Waals surface area (Å²) in [6.07, 6.45) is 0. The van der Waals surface area contributed by atoms with Gasteiger partial charge in [-0.3, -0.25) is 4.99 Å². The van der Waals surface area contributed by atoms with Gasteiger partial charge in [-0.25, -0.2) is 8.42 Å². The fourth-order valence-corrected chi connectivity index (χ4v) is 1.66. The number of nitrogens with zero attached hydrogens (tertiary/aromatic N) is 1. The maximum Gasteiger partial charge on any atom is 0.191 e. The van der Waals surface area contributed by atoms with Crippen molar-refractivity contribution in [1.29, 1.82) is 0 Å². The van der Waals surface area contributed by atoms with E-state index in [1.807, 2.05) is 0 Å². The number of sulfone groups is 1. The van der Waals surface area contributed by atoms with Crippen molar-refractivity contribution in [2.24, 2.45) is 4.99 Å². The van der Waals surface area contributed by atoms with Gasteiger partial charge in [0.05, 0.1) is 12.4 Å². The molecule has 0 bridgehead atoms. The summed E-state index contributed by atoms with van der Waals surface area (Å²) in [7, 11) is 0.334. The van der Waals surface area contributed by atoms with Crippen LogP contribution < -0.4 is 10.6 Å². The number of rotatable bonds is 7. The molecular formula is C9H21N3O3S. The quantitative estimate of drug-likeness (QED) is 0.353. The molecule has 0 amide bonds. The van der Waals surface area contributed by atoms with Crippen molar-refractivity contribution in [3.8, 4) is 0 Å². The minimum absolute atomic E-state index is 0.120. The van der Waals surface area contributed by atoms with E-state index in [1.165, 1.54) is 0 Å². The second-order valence-corrected chi connectivity index (χ2v) is 5.63. The van der Waals surface area contributed by atoms with E-state index in [0.717, 1.165) is 0 Å². The van der Waals surface area contributed by atoms with Crippen molar-refractivity contribution < 1.29 is 13.2 Å². The Morgan fingerprint density at radius 1 is 1.31 bits per heavy atom. The zero-order chi connectivity index (χ0) is 12.4. The average Bonchev–Trinajstić information content (AvgIpc) is 2.27. The summed E-state index contributed by atoms with van der Waals surface area (Å²) < 4.78 is 27.3. The number of nitrogens with one attached hydrogen (secondary N) is 2. The molecule has 0 radical (unpaired) electrons. The summed E-state index contributed by atoms with van der Waals surface area (Å²) in [6.45, 7) is 3.22. The highest BCUT2D eigenvalue weighted by atomic mass is 32.2. The lowest BCUT2D eigenvalue weighted by atomic mass is 10.6. The summed E-state index contributed by atoms with van der Waals surface area (Å²) in [5.74, 6) is 0.877. The van der Waals surface area contributed by atoms with Crippen LogP contribution in [-0.2, 0) is 14.6 Å². The predicted octanol–water partition coefficient (Wildman–Crippen LogP) is -0.767. The van der Waals surface area contributed by atoms with Crippen molar-refractivity contribution >= 4 is 15.8 Å². The largest absolute Gasteiger partial charge is 0.383 e. The van der Waals surface area contributed by atoms with Gasteiger partial charge in [-0.15, -0.1) is 0 Å². The van der Waals surface area contributed by atoms with Gasteiger partial charge in [0.15, 0.2) is 15.8 Å². The van der Waals surface area contributed by atoms with Crippen molar-refractivity contribution in [1.82, 2.24) is 10.6 Å². The Balaban J connectivity index is 3.81. The summed E-state index contributed by atoms with van der Waals surface area (Å²) in [5, 5.41) is 5.92. The number of aliphatic imine (C=N–C) groups is 1. The van der Waals surface area contributed by atoms with Crippen LogP contribution in [0, 0.1) is 0 Å². The zero-order valence-electron chi connectivity index (χ0n) is 10.1. The molecule has 0 rings (SSSR count). The summed E-state index contributed by atoms with van der Waals surface area (Å²) >= 11 is 0. The van der Waals surface area contributed by atoms with E-state index in [0.29, 0.717) is 25.7 Å². The summed E-state index contributed by atoms with van der Waals surface area (Å²) in [4.78, 5) is 3.95. The molecule has 0 heterocycles. The first-order valence-corrected chi connectivity index (χ1v) is 7.01. The number of hydrogen-bond donors (Lipinski definition) is 2. The molecule has 96 valence electrons. The molecular weight excluding hydrogens is 230 g/mol. The van der Waals surface area contributed by atoms with Crippen molar-refractivity contribution in [2.45, 2.75) is 6.92 Å². The number of ether oxygens (including phenoxy) is 1. The highest BCUT2D eigenvalue weighted by Gasteiger charge is 2.06. The summed E-state index contributed by atoms with van der Waals surface area (Å²) in [6, 6.07) is 0. The predicted molar refractivity (Wildman–Crippen MR) is 65.6 cm³/mol. The second-order valence-electron chi connectivity index (χ2n) is 3.15. The molecule has 0 saturated heterocycles. The third kappa shape index (κ3) is 7.47. The Hall–Kier alpha value is -0.820. The van der Waals surface area contributed by atoms with Gasteiger partial charge in [-0.2, -0.15) is 0 Å². The second kappa shape index (κ2) is 8.35. The Kier molecular flexibility index (Phi) is 7.92. The van der Waals surface area contributed by atoms with Gasteiger partial charge < -0.3 is 15.4 Å². The Bertz CT molecular complexity index is 301. The molecule has 0 atom stereocenters. The SMILES string of the molecule is CCS(=O)(=O)CCNC(=NC)NCCOC. The van der Waals surface area contributed by atoms with Crippen LogP contribution >= 0.6 is 0 Å². The van der Waals surface area contributed by atoms with Crippen LogP contribution in [0.3, 0.4) is 0 Å². The molecule has 16 heavy (non-hydrogen) atoms. The standard InChI is InChI=1S/C9H21N3O3S/c1-4-16(13,14)8-6-12-9(10-2)11-5-7-15-3/h4-8H2,1-3H3,(H2,10,11,12). The van der Waals surface area contributed by atoms with Gasteiger partial charge in [0.25, 0.3) is 0 Å². The molecule has 0 fully saturated rings. The minimum atomic E-state index is -2.92. The average molecular weight is 251 g/mol. The van der Waals surface area contributed by atoms with Gasteiger partial charge in [-0.1, -0.05) is 6.92 Å². The first-order chi connectivity index (χ1) is 7.55. The van der Waals surface area contributed by atoms with Crippen molar-refractivity contribution in [3.05, 3.63) is 0 Å². The van der Waals surface area contributed by atoms with Gasteiger partial charge >= 0.3 is 0 Å². The summed E-state index contributed by atoms with van der Waals surface area (Å²) in [5.41, 5.74) is 0. The van der Waals surface area contributed by atoms with Gasteiger partial charge in [-0.05, 0) is 0 Å². The molecule has 6 nitrogen and oxygen atoms in total. The molecule has 0 aromatic carbocycles. The number of hydrogen-bond acceptors (Lipinski definition) is 4. The Labute approximate surface area is 97.4 Å². The Morgan fingerprint density at radius 3 is 2.44 bits per heavy atom. The third-order valence-electron chi connectivity index (χ3n) is 1.97. The lowest BCUT2D eigenvalue weighted by molar-refractivity contribution is 0.203. The lowest BCUT2D eigenvalue weighted by Crippen LogP contribution is -2.40. The van der Waals surface area contributed by atoms with E-state index >= 15 is 0 Å². The van der Waals surface area contributed by atoms with E-state index in [9.17, 15) is 8.42 Å². The highest BCUT2D eigenvalue weighted by molar-refractivity contribution is 7.91. The number of methoxy groups -OCH3 is 1. The van der Waals surface area contributed by atoms with Crippen LogP contribution in [0.5, 0.6) is 0 Å². The van der Waals surface area contributed by atoms with E-state index in [-0.39, 0.29) is 11.5 Å². The Morgan fingerprint density at radius 2 is 1.94 bits per heavy atom. The monoisotopic (exact) mass is 251 g/mol. The molecule has 0 saturated carbocycles. The van der Waals surface area contributed by atoms with Crippen molar-refractivity contribution in [2.75, 3.05) is 45.4 Å². The van der Waals surface area contributed by atoms with Crippen LogP contribution in [0.25, 0.3) is 0 Å². The highest BCUT2D eigenvalue weighted by Crippen LogP contribution is 1.86. The maximum atomic E-state index is 11.2. The topological polar surface area (TPSA) is 79.8 Å². The van der Waals surface area contributed by atoms with E-state index < -0.39 is 9.84 Å². The van der Waals surface area contributed by atoms with E-state index in [2.05, 4.69) is 15.6 Å². The molecule has 7 heteroatoms. The van der Waals surface area contributed by atoms with Crippen molar-refractivity contribution in [3.63, 3.8) is 0 Å².